The van der Waals surface area contributed by atoms with Crippen LogP contribution in [-0.4, -0.2) is 11.7 Å². The second-order valence-electron chi connectivity index (χ2n) is 5.57. The predicted molar refractivity (Wildman–Crippen MR) is 74.4 cm³/mol. The van der Waals surface area contributed by atoms with Gasteiger partial charge in [-0.15, -0.1) is 0 Å². The van der Waals surface area contributed by atoms with Crippen molar-refractivity contribution in [3.63, 3.8) is 0 Å². The molecule has 2 rings (SSSR count). The largest absolute Gasteiger partial charge is 0.444 e. The summed E-state index contributed by atoms with van der Waals surface area (Å²) in [6.45, 7) is 3.83. The average Bonchev–Trinajstić information content (AvgIpc) is 2.55. The molecule has 0 saturated carbocycles. The summed E-state index contributed by atoms with van der Waals surface area (Å²) in [5.74, 6) is 0.517. The van der Waals surface area contributed by atoms with E-state index >= 15 is 0 Å². The first-order valence-corrected chi connectivity index (χ1v) is 6.91. The van der Waals surface area contributed by atoms with Crippen LogP contribution in [0, 0.1) is 5.92 Å². The Labute approximate surface area is 116 Å². The van der Waals surface area contributed by atoms with Gasteiger partial charge in [-0.3, -0.25) is 0 Å². The second kappa shape index (κ2) is 4.92. The lowest BCUT2D eigenvalue weighted by Crippen LogP contribution is -2.33. The van der Waals surface area contributed by atoms with Gasteiger partial charge in [-0.25, -0.2) is 4.79 Å². The number of amides is 1. The summed E-state index contributed by atoms with van der Waals surface area (Å²) in [6.07, 6.45) is 2.23. The first kappa shape index (κ1) is 13.4. The van der Waals surface area contributed by atoms with Gasteiger partial charge in [0, 0.05) is 4.47 Å². The van der Waals surface area contributed by atoms with Gasteiger partial charge in [0.15, 0.2) is 0 Å². The van der Waals surface area contributed by atoms with E-state index in [0.29, 0.717) is 5.92 Å². The number of benzene rings is 1. The maximum atomic E-state index is 10.8. The molecule has 1 atom stereocenters. The molecular weight excluding hydrogens is 294 g/mol. The Hall–Kier alpha value is -1.03. The number of nitrogens with two attached hydrogens (primary N) is 1. The average molecular weight is 312 g/mol. The summed E-state index contributed by atoms with van der Waals surface area (Å²) in [7, 11) is 0. The highest BCUT2D eigenvalue weighted by Gasteiger charge is 2.30. The van der Waals surface area contributed by atoms with Gasteiger partial charge in [0.2, 0.25) is 0 Å². The fraction of sp³-hybridized carbons (Fsp3) is 0.500. The van der Waals surface area contributed by atoms with Gasteiger partial charge in [-0.2, -0.15) is 0 Å². The molecule has 2 N–H and O–H groups in total. The monoisotopic (exact) mass is 311 g/mol. The number of hydrogen-bond donors (Lipinski definition) is 1. The minimum atomic E-state index is -0.696. The van der Waals surface area contributed by atoms with E-state index in [4.69, 9.17) is 10.5 Å². The molecule has 0 spiro atoms. The van der Waals surface area contributed by atoms with Crippen molar-refractivity contribution < 1.29 is 9.53 Å². The Morgan fingerprint density at radius 2 is 2.11 bits per heavy atom. The van der Waals surface area contributed by atoms with Gasteiger partial charge in [-0.05, 0) is 62.3 Å². The number of carbonyl (C=O) groups excluding carboxylic acids is 1. The number of hydrogen-bond acceptors (Lipinski definition) is 2. The highest BCUT2D eigenvalue weighted by atomic mass is 79.9. The van der Waals surface area contributed by atoms with Gasteiger partial charge in [0.25, 0.3) is 0 Å². The third kappa shape index (κ3) is 3.25. The molecule has 1 aliphatic rings. The molecule has 0 heterocycles. The van der Waals surface area contributed by atoms with Crippen molar-refractivity contribution in [2.75, 3.05) is 0 Å². The quantitative estimate of drug-likeness (QED) is 0.929. The molecule has 3 nitrogen and oxygen atoms in total. The van der Waals surface area contributed by atoms with E-state index < -0.39 is 11.7 Å². The van der Waals surface area contributed by atoms with Crippen LogP contribution in [0.5, 0.6) is 0 Å². The van der Waals surface area contributed by atoms with E-state index in [1.807, 2.05) is 13.8 Å². The predicted octanol–water partition coefficient (Wildman–Crippen LogP) is 3.43. The molecule has 0 fully saturated rings. The maximum absolute atomic E-state index is 10.8. The Kier molecular flexibility index (Phi) is 3.66. The fourth-order valence-corrected chi connectivity index (χ4v) is 3.24. The van der Waals surface area contributed by atoms with Gasteiger partial charge in [0.1, 0.15) is 5.60 Å². The summed E-state index contributed by atoms with van der Waals surface area (Å²) in [5, 5.41) is 0. The van der Waals surface area contributed by atoms with Crippen LogP contribution in [0.4, 0.5) is 4.79 Å². The van der Waals surface area contributed by atoms with E-state index in [2.05, 4.69) is 34.1 Å². The Bertz CT molecular complexity index is 471. The second-order valence-corrected chi connectivity index (χ2v) is 6.49. The number of carbonyl (C=O) groups is 1. The van der Waals surface area contributed by atoms with Gasteiger partial charge >= 0.3 is 6.09 Å². The maximum Gasteiger partial charge on any atom is 0.405 e. The zero-order valence-electron chi connectivity index (χ0n) is 10.7. The van der Waals surface area contributed by atoms with Crippen LogP contribution in [-0.2, 0) is 17.6 Å². The van der Waals surface area contributed by atoms with Crippen LogP contribution in [0.1, 0.15) is 31.4 Å². The number of primary amides is 1. The first-order valence-electron chi connectivity index (χ1n) is 6.11. The highest BCUT2D eigenvalue weighted by molar-refractivity contribution is 9.10. The van der Waals surface area contributed by atoms with E-state index in [1.165, 1.54) is 11.1 Å². The summed E-state index contributed by atoms with van der Waals surface area (Å²) in [6, 6.07) is 6.42. The van der Waals surface area contributed by atoms with Gasteiger partial charge in [-0.1, -0.05) is 22.0 Å². The molecule has 1 aromatic carbocycles. The van der Waals surface area contributed by atoms with E-state index in [-0.39, 0.29) is 0 Å². The molecule has 0 radical (unpaired) electrons. The number of ether oxygens (including phenoxy) is 1. The van der Waals surface area contributed by atoms with Crippen molar-refractivity contribution in [3.05, 3.63) is 33.8 Å². The lowest BCUT2D eigenvalue weighted by atomic mass is 9.91. The number of fused-ring (bicyclic) bond motifs is 1. The molecule has 1 aromatic rings. The summed E-state index contributed by atoms with van der Waals surface area (Å²) in [4.78, 5) is 10.8. The first-order chi connectivity index (χ1) is 8.35. The molecule has 4 heteroatoms. The van der Waals surface area contributed by atoms with E-state index in [1.54, 1.807) is 0 Å². The molecule has 1 aliphatic carbocycles. The van der Waals surface area contributed by atoms with Crippen LogP contribution in [0.2, 0.25) is 0 Å². The van der Waals surface area contributed by atoms with Crippen LogP contribution in [0.15, 0.2) is 22.7 Å². The third-order valence-electron chi connectivity index (χ3n) is 3.34. The fourth-order valence-electron chi connectivity index (χ4n) is 2.83. The SMILES string of the molecule is CC(C)(C[C@H]1Cc2ccc(Br)cc2C1)OC(N)=O. The Balaban J connectivity index is 2.01. The Morgan fingerprint density at radius 1 is 1.44 bits per heavy atom. The van der Waals surface area contributed by atoms with Crippen molar-refractivity contribution >= 4 is 22.0 Å². The molecule has 98 valence electrons. The molecule has 18 heavy (non-hydrogen) atoms. The molecule has 1 amide bonds. The molecule has 0 aliphatic heterocycles. The van der Waals surface area contributed by atoms with Crippen molar-refractivity contribution in [2.45, 2.75) is 38.7 Å². The minimum Gasteiger partial charge on any atom is -0.444 e. The lowest BCUT2D eigenvalue weighted by molar-refractivity contribution is 0.0275. The highest BCUT2D eigenvalue weighted by Crippen LogP contribution is 2.34. The smallest absolute Gasteiger partial charge is 0.405 e. The van der Waals surface area contributed by atoms with Crippen molar-refractivity contribution in [1.29, 1.82) is 0 Å². The van der Waals surface area contributed by atoms with Crippen molar-refractivity contribution in [2.24, 2.45) is 11.7 Å². The molecule has 0 saturated heterocycles. The minimum absolute atomic E-state index is 0.490. The zero-order valence-corrected chi connectivity index (χ0v) is 12.3. The topological polar surface area (TPSA) is 52.3 Å². The zero-order chi connectivity index (χ0) is 13.3. The summed E-state index contributed by atoms with van der Waals surface area (Å²) in [5.41, 5.74) is 7.39. The number of halogens is 1. The van der Waals surface area contributed by atoms with Crippen LogP contribution in [0.3, 0.4) is 0 Å². The third-order valence-corrected chi connectivity index (χ3v) is 3.84. The van der Waals surface area contributed by atoms with Gasteiger partial charge < -0.3 is 10.5 Å². The van der Waals surface area contributed by atoms with Gasteiger partial charge in [0.05, 0.1) is 0 Å². The molecule has 0 aromatic heterocycles. The normalized spacial score (nSPS) is 18.5. The van der Waals surface area contributed by atoms with E-state index in [9.17, 15) is 4.79 Å². The molecule has 0 bridgehead atoms. The Morgan fingerprint density at radius 3 is 2.78 bits per heavy atom. The molecule has 0 unspecified atom stereocenters. The van der Waals surface area contributed by atoms with Crippen LogP contribution < -0.4 is 5.73 Å². The summed E-state index contributed by atoms with van der Waals surface area (Å²) < 4.78 is 6.27. The van der Waals surface area contributed by atoms with E-state index in [0.717, 1.165) is 23.7 Å². The van der Waals surface area contributed by atoms with Crippen molar-refractivity contribution in [3.8, 4) is 0 Å². The number of rotatable bonds is 3. The van der Waals surface area contributed by atoms with Crippen LogP contribution in [0.25, 0.3) is 0 Å². The standard InChI is InChI=1S/C14H18BrNO2/c1-14(2,18-13(16)17)8-9-5-10-3-4-12(15)7-11(10)6-9/h3-4,7,9H,5-6,8H2,1-2H3,(H2,16,17)/t9-/m0/s1. The lowest BCUT2D eigenvalue weighted by Gasteiger charge is -2.27. The molecular formula is C14H18BrNO2. The van der Waals surface area contributed by atoms with Crippen LogP contribution >= 0.6 is 15.9 Å². The van der Waals surface area contributed by atoms with Crippen molar-refractivity contribution in [1.82, 2.24) is 0 Å². The summed E-state index contributed by atoms with van der Waals surface area (Å²) >= 11 is 3.49.